The summed E-state index contributed by atoms with van der Waals surface area (Å²) in [7, 11) is 0. The second-order valence-electron chi connectivity index (χ2n) is 4.59. The van der Waals surface area contributed by atoms with Crippen molar-refractivity contribution in [2.45, 2.75) is 32.2 Å². The highest BCUT2D eigenvalue weighted by atomic mass is 16.4. The van der Waals surface area contributed by atoms with Gasteiger partial charge in [0.2, 0.25) is 0 Å². The molecule has 2 heterocycles. The van der Waals surface area contributed by atoms with Crippen LogP contribution in [-0.4, -0.2) is 29.1 Å². The molecule has 1 aliphatic rings. The van der Waals surface area contributed by atoms with Crippen LogP contribution in [0.4, 0.5) is 0 Å². The number of rotatable bonds is 4. The number of furan rings is 1. The first-order valence-corrected chi connectivity index (χ1v) is 6.21. The number of piperidine rings is 1. The van der Waals surface area contributed by atoms with Crippen molar-refractivity contribution < 1.29 is 14.3 Å². The van der Waals surface area contributed by atoms with Crippen LogP contribution in [-0.2, 0) is 4.79 Å². The summed E-state index contributed by atoms with van der Waals surface area (Å²) < 4.78 is 5.48. The second-order valence-corrected chi connectivity index (χ2v) is 4.59. The SMILES string of the molecule is CCN1CCC[C@H](CC(=O)O)[C@H]1c1ccco1. The minimum Gasteiger partial charge on any atom is -0.481 e. The van der Waals surface area contributed by atoms with Gasteiger partial charge in [-0.3, -0.25) is 9.69 Å². The van der Waals surface area contributed by atoms with Crippen molar-refractivity contribution in [3.63, 3.8) is 0 Å². The number of carboxylic acid groups (broad SMARTS) is 1. The summed E-state index contributed by atoms with van der Waals surface area (Å²) in [5.74, 6) is 0.342. The molecule has 0 radical (unpaired) electrons. The molecular formula is C13H19NO3. The second kappa shape index (κ2) is 5.36. The van der Waals surface area contributed by atoms with Crippen molar-refractivity contribution in [1.29, 1.82) is 0 Å². The van der Waals surface area contributed by atoms with E-state index < -0.39 is 5.97 Å². The van der Waals surface area contributed by atoms with Gasteiger partial charge in [-0.15, -0.1) is 0 Å². The fraction of sp³-hybridized carbons (Fsp3) is 0.615. The highest BCUT2D eigenvalue weighted by molar-refractivity contribution is 5.67. The van der Waals surface area contributed by atoms with E-state index in [4.69, 9.17) is 9.52 Å². The summed E-state index contributed by atoms with van der Waals surface area (Å²) in [4.78, 5) is 13.2. The van der Waals surface area contributed by atoms with Crippen molar-refractivity contribution >= 4 is 5.97 Å². The normalized spacial score (nSPS) is 25.9. The molecule has 0 bridgehead atoms. The summed E-state index contributed by atoms with van der Waals surface area (Å²) in [6.07, 6.45) is 3.93. The van der Waals surface area contributed by atoms with Crippen LogP contribution >= 0.6 is 0 Å². The zero-order chi connectivity index (χ0) is 12.3. The van der Waals surface area contributed by atoms with E-state index in [2.05, 4.69) is 11.8 Å². The van der Waals surface area contributed by atoms with Gasteiger partial charge in [-0.25, -0.2) is 0 Å². The van der Waals surface area contributed by atoms with Crippen molar-refractivity contribution in [2.75, 3.05) is 13.1 Å². The Balaban J connectivity index is 2.20. The number of hydrogen-bond donors (Lipinski definition) is 1. The van der Waals surface area contributed by atoms with Gasteiger partial charge in [0.05, 0.1) is 18.7 Å². The molecule has 4 heteroatoms. The van der Waals surface area contributed by atoms with Crippen LogP contribution in [0.25, 0.3) is 0 Å². The summed E-state index contributed by atoms with van der Waals surface area (Å²) in [5.41, 5.74) is 0. The van der Waals surface area contributed by atoms with Crippen LogP contribution in [0, 0.1) is 5.92 Å². The third kappa shape index (κ3) is 2.69. The summed E-state index contributed by atoms with van der Waals surface area (Å²) in [6, 6.07) is 3.95. The molecule has 0 aliphatic carbocycles. The van der Waals surface area contributed by atoms with Gasteiger partial charge in [-0.2, -0.15) is 0 Å². The molecule has 1 saturated heterocycles. The largest absolute Gasteiger partial charge is 0.481 e. The van der Waals surface area contributed by atoms with Gasteiger partial charge in [-0.1, -0.05) is 6.92 Å². The van der Waals surface area contributed by atoms with Crippen molar-refractivity contribution in [1.82, 2.24) is 4.90 Å². The van der Waals surface area contributed by atoms with E-state index in [1.54, 1.807) is 6.26 Å². The zero-order valence-electron chi connectivity index (χ0n) is 10.1. The number of hydrogen-bond acceptors (Lipinski definition) is 3. The van der Waals surface area contributed by atoms with Gasteiger partial charge in [0.15, 0.2) is 0 Å². The molecule has 2 atom stereocenters. The predicted molar refractivity (Wildman–Crippen MR) is 63.7 cm³/mol. The topological polar surface area (TPSA) is 53.7 Å². The quantitative estimate of drug-likeness (QED) is 0.874. The highest BCUT2D eigenvalue weighted by Crippen LogP contribution is 2.37. The number of carbonyl (C=O) groups is 1. The summed E-state index contributed by atoms with van der Waals surface area (Å²) >= 11 is 0. The Morgan fingerprint density at radius 2 is 2.47 bits per heavy atom. The molecule has 1 aromatic rings. The minimum absolute atomic E-state index is 0.125. The molecular weight excluding hydrogens is 218 g/mol. The van der Waals surface area contributed by atoms with Crippen LogP contribution in [0.2, 0.25) is 0 Å². The Labute approximate surface area is 101 Å². The summed E-state index contributed by atoms with van der Waals surface area (Å²) in [5, 5.41) is 8.99. The van der Waals surface area contributed by atoms with Crippen molar-refractivity contribution in [3.05, 3.63) is 24.2 Å². The van der Waals surface area contributed by atoms with Crippen LogP contribution in [0.5, 0.6) is 0 Å². The van der Waals surface area contributed by atoms with Gasteiger partial charge in [0.1, 0.15) is 5.76 Å². The van der Waals surface area contributed by atoms with E-state index >= 15 is 0 Å². The van der Waals surface area contributed by atoms with E-state index in [1.807, 2.05) is 12.1 Å². The third-order valence-electron chi connectivity index (χ3n) is 3.54. The Hall–Kier alpha value is -1.29. The molecule has 1 aliphatic heterocycles. The van der Waals surface area contributed by atoms with Gasteiger partial charge in [0, 0.05) is 0 Å². The molecule has 1 aromatic heterocycles. The van der Waals surface area contributed by atoms with E-state index in [9.17, 15) is 4.79 Å². The number of nitrogens with zero attached hydrogens (tertiary/aromatic N) is 1. The maximum absolute atomic E-state index is 10.9. The molecule has 0 saturated carbocycles. The highest BCUT2D eigenvalue weighted by Gasteiger charge is 2.34. The Bertz CT molecular complexity index is 361. The average Bonchev–Trinajstić information content (AvgIpc) is 2.81. The number of carboxylic acids is 1. The minimum atomic E-state index is -0.718. The van der Waals surface area contributed by atoms with Gasteiger partial charge in [-0.05, 0) is 44.0 Å². The van der Waals surface area contributed by atoms with E-state index in [-0.39, 0.29) is 18.4 Å². The van der Waals surface area contributed by atoms with Crippen LogP contribution in [0.1, 0.15) is 38.0 Å². The molecule has 4 nitrogen and oxygen atoms in total. The average molecular weight is 237 g/mol. The molecule has 17 heavy (non-hydrogen) atoms. The molecule has 1 N–H and O–H groups in total. The predicted octanol–water partition coefficient (Wildman–Crippen LogP) is 2.53. The molecule has 2 rings (SSSR count). The van der Waals surface area contributed by atoms with Gasteiger partial charge >= 0.3 is 5.97 Å². The lowest BCUT2D eigenvalue weighted by Gasteiger charge is -2.39. The first kappa shape index (κ1) is 12.2. The first-order valence-electron chi connectivity index (χ1n) is 6.21. The van der Waals surface area contributed by atoms with Gasteiger partial charge < -0.3 is 9.52 Å². The summed E-state index contributed by atoms with van der Waals surface area (Å²) in [6.45, 7) is 4.07. The maximum atomic E-state index is 10.9. The van der Waals surface area contributed by atoms with Crippen LogP contribution in [0.15, 0.2) is 22.8 Å². The molecule has 0 amide bonds. The lowest BCUT2D eigenvalue weighted by atomic mass is 9.85. The van der Waals surface area contributed by atoms with Crippen LogP contribution < -0.4 is 0 Å². The monoisotopic (exact) mass is 237 g/mol. The smallest absolute Gasteiger partial charge is 0.303 e. The van der Waals surface area contributed by atoms with E-state index in [0.29, 0.717) is 0 Å². The molecule has 94 valence electrons. The lowest BCUT2D eigenvalue weighted by Crippen LogP contribution is -2.39. The van der Waals surface area contributed by atoms with Crippen molar-refractivity contribution in [3.8, 4) is 0 Å². The first-order chi connectivity index (χ1) is 8.22. The Kier molecular flexibility index (Phi) is 3.84. The maximum Gasteiger partial charge on any atom is 0.303 e. The van der Waals surface area contributed by atoms with E-state index in [1.165, 1.54) is 0 Å². The zero-order valence-corrected chi connectivity index (χ0v) is 10.1. The third-order valence-corrected chi connectivity index (χ3v) is 3.54. The number of aliphatic carboxylic acids is 1. The van der Waals surface area contributed by atoms with Crippen molar-refractivity contribution in [2.24, 2.45) is 5.92 Å². The Morgan fingerprint density at radius 1 is 1.65 bits per heavy atom. The Morgan fingerprint density at radius 3 is 3.06 bits per heavy atom. The van der Waals surface area contributed by atoms with E-state index in [0.717, 1.165) is 31.7 Å². The number of likely N-dealkylation sites (tertiary alicyclic amines) is 1. The molecule has 0 unspecified atom stereocenters. The fourth-order valence-corrected chi connectivity index (χ4v) is 2.82. The molecule has 1 fully saturated rings. The van der Waals surface area contributed by atoms with Gasteiger partial charge in [0.25, 0.3) is 0 Å². The molecule has 0 aromatic carbocycles. The fourth-order valence-electron chi connectivity index (χ4n) is 2.82. The van der Waals surface area contributed by atoms with Crippen LogP contribution in [0.3, 0.4) is 0 Å². The molecule has 0 spiro atoms. The standard InChI is InChI=1S/C13H19NO3/c1-2-14-7-3-5-10(9-12(15)16)13(14)11-6-4-8-17-11/h4,6,8,10,13H,2-3,5,7,9H2,1H3,(H,15,16)/t10-,13+/m1/s1. The lowest BCUT2D eigenvalue weighted by molar-refractivity contribution is -0.139.